The van der Waals surface area contributed by atoms with E-state index in [1.807, 2.05) is 17.8 Å². The SMILES string of the molecule is CCNC(=NCC(C)SC)NCCc1cc(C)ccc1OC. The van der Waals surface area contributed by atoms with Crippen LogP contribution in [0, 0.1) is 6.92 Å². The summed E-state index contributed by atoms with van der Waals surface area (Å²) in [5.41, 5.74) is 2.48. The lowest BCUT2D eigenvalue weighted by Gasteiger charge is -2.14. The Morgan fingerprint density at radius 2 is 2.14 bits per heavy atom. The monoisotopic (exact) mass is 323 g/mol. The van der Waals surface area contributed by atoms with E-state index >= 15 is 0 Å². The van der Waals surface area contributed by atoms with Gasteiger partial charge < -0.3 is 15.4 Å². The van der Waals surface area contributed by atoms with Crippen LogP contribution in [0.2, 0.25) is 0 Å². The van der Waals surface area contributed by atoms with Crippen molar-refractivity contribution in [1.29, 1.82) is 0 Å². The Bertz CT molecular complexity index is 477. The first-order valence-electron chi connectivity index (χ1n) is 7.79. The summed E-state index contributed by atoms with van der Waals surface area (Å²) in [4.78, 5) is 4.62. The van der Waals surface area contributed by atoms with E-state index < -0.39 is 0 Å². The van der Waals surface area contributed by atoms with Gasteiger partial charge in [-0.15, -0.1) is 0 Å². The van der Waals surface area contributed by atoms with Crippen molar-refractivity contribution in [3.63, 3.8) is 0 Å². The van der Waals surface area contributed by atoms with E-state index in [1.165, 1.54) is 11.1 Å². The molecule has 0 saturated carbocycles. The number of benzene rings is 1. The number of rotatable bonds is 8. The van der Waals surface area contributed by atoms with Gasteiger partial charge in [0.2, 0.25) is 0 Å². The fourth-order valence-corrected chi connectivity index (χ4v) is 2.28. The third-order valence-corrected chi connectivity index (χ3v) is 4.33. The van der Waals surface area contributed by atoms with Crippen LogP contribution < -0.4 is 15.4 Å². The van der Waals surface area contributed by atoms with Gasteiger partial charge in [0.05, 0.1) is 13.7 Å². The summed E-state index contributed by atoms with van der Waals surface area (Å²) in [5.74, 6) is 1.83. The molecule has 0 heterocycles. The van der Waals surface area contributed by atoms with Crippen molar-refractivity contribution in [1.82, 2.24) is 10.6 Å². The zero-order valence-electron chi connectivity index (χ0n) is 14.4. The lowest BCUT2D eigenvalue weighted by molar-refractivity contribution is 0.409. The molecule has 0 aliphatic heterocycles. The second-order valence-corrected chi connectivity index (χ2v) is 6.53. The smallest absolute Gasteiger partial charge is 0.191 e. The molecule has 0 radical (unpaired) electrons. The van der Waals surface area contributed by atoms with Gasteiger partial charge in [0.1, 0.15) is 5.75 Å². The molecular weight excluding hydrogens is 294 g/mol. The van der Waals surface area contributed by atoms with Gasteiger partial charge in [-0.2, -0.15) is 11.8 Å². The first-order chi connectivity index (χ1) is 10.6. The van der Waals surface area contributed by atoms with E-state index in [9.17, 15) is 0 Å². The number of thioether (sulfide) groups is 1. The van der Waals surface area contributed by atoms with Gasteiger partial charge in [-0.05, 0) is 38.2 Å². The van der Waals surface area contributed by atoms with Crippen LogP contribution in [0.5, 0.6) is 5.75 Å². The van der Waals surface area contributed by atoms with Gasteiger partial charge in [0.25, 0.3) is 0 Å². The predicted molar refractivity (Wildman–Crippen MR) is 98.4 cm³/mol. The van der Waals surface area contributed by atoms with Crippen molar-refractivity contribution in [3.8, 4) is 5.75 Å². The van der Waals surface area contributed by atoms with Crippen LogP contribution in [-0.2, 0) is 6.42 Å². The summed E-state index contributed by atoms with van der Waals surface area (Å²) in [6.45, 7) is 8.90. The van der Waals surface area contributed by atoms with Gasteiger partial charge in [-0.1, -0.05) is 24.6 Å². The molecule has 1 unspecified atom stereocenters. The van der Waals surface area contributed by atoms with Crippen LogP contribution in [0.4, 0.5) is 0 Å². The minimum absolute atomic E-state index is 0.535. The zero-order chi connectivity index (χ0) is 16.4. The fourth-order valence-electron chi connectivity index (χ4n) is 2.05. The minimum atomic E-state index is 0.535. The highest BCUT2D eigenvalue weighted by atomic mass is 32.2. The first kappa shape index (κ1) is 18.7. The molecule has 1 rings (SSSR count). The Morgan fingerprint density at radius 3 is 2.77 bits per heavy atom. The Hall–Kier alpha value is -1.36. The summed E-state index contributed by atoms with van der Waals surface area (Å²) >= 11 is 1.83. The number of aliphatic imine (C=N–C) groups is 1. The number of methoxy groups -OCH3 is 1. The molecule has 22 heavy (non-hydrogen) atoms. The van der Waals surface area contributed by atoms with E-state index in [1.54, 1.807) is 7.11 Å². The van der Waals surface area contributed by atoms with Crippen molar-refractivity contribution in [2.45, 2.75) is 32.4 Å². The molecule has 0 aliphatic rings. The number of aryl methyl sites for hydroxylation is 1. The average Bonchev–Trinajstić information content (AvgIpc) is 2.52. The average molecular weight is 324 g/mol. The molecule has 4 nitrogen and oxygen atoms in total. The number of ether oxygens (including phenoxy) is 1. The number of nitrogens with one attached hydrogen (secondary N) is 2. The molecule has 1 atom stereocenters. The molecule has 0 fully saturated rings. The lowest BCUT2D eigenvalue weighted by atomic mass is 10.1. The zero-order valence-corrected chi connectivity index (χ0v) is 15.2. The standard InChI is InChI=1S/C17H29N3OS/c1-6-18-17(20-12-14(3)22-5)19-10-9-15-11-13(2)7-8-16(15)21-4/h7-8,11,14H,6,9-10,12H2,1-5H3,(H2,18,19,20). The maximum absolute atomic E-state index is 5.42. The van der Waals surface area contributed by atoms with E-state index in [4.69, 9.17) is 4.74 Å². The van der Waals surface area contributed by atoms with Gasteiger partial charge in [0, 0.05) is 18.3 Å². The summed E-state index contributed by atoms with van der Waals surface area (Å²) in [6, 6.07) is 6.29. The van der Waals surface area contributed by atoms with Crippen LogP contribution in [0.3, 0.4) is 0 Å². The summed E-state index contributed by atoms with van der Waals surface area (Å²) in [6.07, 6.45) is 3.03. The van der Waals surface area contributed by atoms with Crippen LogP contribution in [-0.4, -0.2) is 44.2 Å². The summed E-state index contributed by atoms with van der Waals surface area (Å²) < 4.78 is 5.42. The molecule has 1 aromatic carbocycles. The molecule has 0 spiro atoms. The Labute approximate surface area is 139 Å². The number of nitrogens with zero attached hydrogens (tertiary/aromatic N) is 1. The third kappa shape index (κ3) is 6.60. The van der Waals surface area contributed by atoms with Crippen molar-refractivity contribution < 1.29 is 4.74 Å². The molecular formula is C17H29N3OS. The molecule has 124 valence electrons. The maximum atomic E-state index is 5.42. The normalized spacial score (nSPS) is 12.9. The second kappa shape index (κ2) is 10.4. The summed E-state index contributed by atoms with van der Waals surface area (Å²) in [7, 11) is 1.72. The predicted octanol–water partition coefficient (Wildman–Crippen LogP) is 2.85. The quantitative estimate of drug-likeness (QED) is 0.570. The highest BCUT2D eigenvalue weighted by molar-refractivity contribution is 7.99. The number of hydrogen-bond acceptors (Lipinski definition) is 3. The third-order valence-electron chi connectivity index (χ3n) is 3.38. The molecule has 0 bridgehead atoms. The molecule has 0 saturated heterocycles. The highest BCUT2D eigenvalue weighted by Gasteiger charge is 2.04. The number of hydrogen-bond donors (Lipinski definition) is 2. The Kier molecular flexibility index (Phi) is 8.82. The molecule has 0 aromatic heterocycles. The van der Waals surface area contributed by atoms with E-state index in [0.717, 1.165) is 37.8 Å². The van der Waals surface area contributed by atoms with Crippen molar-refractivity contribution in [3.05, 3.63) is 29.3 Å². The molecule has 0 aliphatic carbocycles. The van der Waals surface area contributed by atoms with Gasteiger partial charge in [0.15, 0.2) is 5.96 Å². The van der Waals surface area contributed by atoms with Crippen LogP contribution in [0.1, 0.15) is 25.0 Å². The second-order valence-electron chi connectivity index (χ2n) is 5.26. The maximum Gasteiger partial charge on any atom is 0.191 e. The van der Waals surface area contributed by atoms with Gasteiger partial charge in [-0.3, -0.25) is 4.99 Å². The van der Waals surface area contributed by atoms with Crippen LogP contribution in [0.15, 0.2) is 23.2 Å². The van der Waals surface area contributed by atoms with E-state index in [-0.39, 0.29) is 0 Å². The fraction of sp³-hybridized carbons (Fsp3) is 0.588. The minimum Gasteiger partial charge on any atom is -0.496 e. The summed E-state index contributed by atoms with van der Waals surface area (Å²) in [5, 5.41) is 7.21. The molecule has 2 N–H and O–H groups in total. The van der Waals surface area contributed by atoms with Crippen molar-refractivity contribution >= 4 is 17.7 Å². The first-order valence-corrected chi connectivity index (χ1v) is 9.08. The van der Waals surface area contributed by atoms with Gasteiger partial charge >= 0.3 is 0 Å². The topological polar surface area (TPSA) is 45.7 Å². The lowest BCUT2D eigenvalue weighted by Crippen LogP contribution is -2.38. The van der Waals surface area contributed by atoms with Crippen molar-refractivity contribution in [2.75, 3.05) is 33.0 Å². The van der Waals surface area contributed by atoms with Crippen molar-refractivity contribution in [2.24, 2.45) is 4.99 Å². The Morgan fingerprint density at radius 1 is 1.36 bits per heavy atom. The highest BCUT2D eigenvalue weighted by Crippen LogP contribution is 2.19. The Balaban J connectivity index is 2.57. The van der Waals surface area contributed by atoms with E-state index in [2.05, 4.69) is 54.8 Å². The van der Waals surface area contributed by atoms with Crippen LogP contribution in [0.25, 0.3) is 0 Å². The largest absolute Gasteiger partial charge is 0.496 e. The number of guanidine groups is 1. The molecule has 0 amide bonds. The molecule has 5 heteroatoms. The molecule has 1 aromatic rings. The van der Waals surface area contributed by atoms with Gasteiger partial charge in [-0.25, -0.2) is 0 Å². The van der Waals surface area contributed by atoms with Crippen LogP contribution >= 0.6 is 11.8 Å². The van der Waals surface area contributed by atoms with E-state index in [0.29, 0.717) is 5.25 Å².